The summed E-state index contributed by atoms with van der Waals surface area (Å²) in [5.41, 5.74) is 16.0. The van der Waals surface area contributed by atoms with Crippen LogP contribution in [0.25, 0.3) is 0 Å². The summed E-state index contributed by atoms with van der Waals surface area (Å²) >= 11 is 0. The Hall–Kier alpha value is -3.44. The number of hydrogen-bond acceptors (Lipinski definition) is 3. The Bertz CT molecular complexity index is 1350. The zero-order valence-corrected chi connectivity index (χ0v) is 18.9. The number of amides is 1. The van der Waals surface area contributed by atoms with E-state index < -0.39 is 0 Å². The van der Waals surface area contributed by atoms with Crippen LogP contribution in [0.4, 0.5) is 0 Å². The van der Waals surface area contributed by atoms with E-state index in [1.807, 2.05) is 24.3 Å². The third kappa shape index (κ3) is 3.18. The third-order valence-corrected chi connectivity index (χ3v) is 7.79. The van der Waals surface area contributed by atoms with Crippen molar-refractivity contribution in [1.82, 2.24) is 5.32 Å². The van der Waals surface area contributed by atoms with E-state index in [2.05, 4.69) is 23.5 Å². The minimum Gasteiger partial charge on any atom is -0.384 e. The third-order valence-electron chi connectivity index (χ3n) is 7.79. The number of carbonyl (C=O) groups excluding carboxylic acids is 1. The molecule has 1 amide bonds. The van der Waals surface area contributed by atoms with Crippen molar-refractivity contribution in [1.29, 1.82) is 5.41 Å². The van der Waals surface area contributed by atoms with Crippen LogP contribution < -0.4 is 11.1 Å². The van der Waals surface area contributed by atoms with Gasteiger partial charge in [-0.1, -0.05) is 42.5 Å². The topological polar surface area (TPSA) is 88.2 Å². The predicted molar refractivity (Wildman–Crippen MR) is 130 cm³/mol. The highest BCUT2D eigenvalue weighted by Crippen LogP contribution is 2.58. The summed E-state index contributed by atoms with van der Waals surface area (Å²) in [6, 6.07) is 18.3. The van der Waals surface area contributed by atoms with Crippen LogP contribution in [0, 0.1) is 5.41 Å². The molecule has 7 rings (SSSR count). The summed E-state index contributed by atoms with van der Waals surface area (Å²) in [5.74, 6) is 1.44. The lowest BCUT2D eigenvalue weighted by atomic mass is 9.82. The van der Waals surface area contributed by atoms with Gasteiger partial charge in [0.1, 0.15) is 18.0 Å². The number of hydrogen-bond donors (Lipinski definition) is 3. The van der Waals surface area contributed by atoms with Crippen molar-refractivity contribution in [2.75, 3.05) is 0 Å². The van der Waals surface area contributed by atoms with Crippen molar-refractivity contribution in [3.05, 3.63) is 105 Å². The highest BCUT2D eigenvalue weighted by atomic mass is 16.5. The first kappa shape index (κ1) is 20.0. The molecule has 5 nitrogen and oxygen atoms in total. The Kier molecular flexibility index (Phi) is 4.28. The number of nitrogens with two attached hydrogens (primary N) is 1. The van der Waals surface area contributed by atoms with E-state index in [0.29, 0.717) is 17.7 Å². The first-order valence-corrected chi connectivity index (χ1v) is 12.3. The second-order valence-electron chi connectivity index (χ2n) is 10.2. The smallest absolute Gasteiger partial charge is 0.251 e. The van der Waals surface area contributed by atoms with Crippen molar-refractivity contribution >= 4 is 11.7 Å². The number of carbonyl (C=O) groups is 1. The highest BCUT2D eigenvalue weighted by Gasteiger charge is 2.45. The van der Waals surface area contributed by atoms with Gasteiger partial charge in [0.2, 0.25) is 0 Å². The van der Waals surface area contributed by atoms with Crippen LogP contribution in [0.1, 0.15) is 105 Å². The number of benzene rings is 3. The molecule has 170 valence electrons. The lowest BCUT2D eigenvalue weighted by Crippen LogP contribution is -2.23. The molecule has 3 aromatic rings. The molecule has 2 saturated carbocycles. The van der Waals surface area contributed by atoms with Gasteiger partial charge in [0.25, 0.3) is 5.91 Å². The van der Waals surface area contributed by atoms with Gasteiger partial charge in [-0.3, -0.25) is 10.2 Å². The molecule has 3 aromatic carbocycles. The lowest BCUT2D eigenvalue weighted by Gasteiger charge is -2.20. The van der Waals surface area contributed by atoms with E-state index in [1.165, 1.54) is 42.4 Å². The van der Waals surface area contributed by atoms with Crippen molar-refractivity contribution in [2.45, 2.75) is 56.3 Å². The number of nitrogens with one attached hydrogen (secondary N) is 2. The van der Waals surface area contributed by atoms with Crippen LogP contribution in [-0.2, 0) is 11.3 Å². The fourth-order valence-electron chi connectivity index (χ4n) is 5.65. The largest absolute Gasteiger partial charge is 0.384 e. The van der Waals surface area contributed by atoms with Gasteiger partial charge in [-0.25, -0.2) is 0 Å². The van der Waals surface area contributed by atoms with Crippen molar-refractivity contribution in [3.8, 4) is 0 Å². The fourth-order valence-corrected chi connectivity index (χ4v) is 5.65. The molecular formula is C29H27N3O2. The quantitative estimate of drug-likeness (QED) is 0.358. The maximum Gasteiger partial charge on any atom is 0.251 e. The fraction of sp³-hybridized carbons (Fsp3) is 0.310. The zero-order valence-electron chi connectivity index (χ0n) is 18.9. The monoisotopic (exact) mass is 449 g/mol. The normalized spacial score (nSPS) is 21.8. The van der Waals surface area contributed by atoms with E-state index in [4.69, 9.17) is 15.9 Å². The minimum atomic E-state index is -0.0933. The summed E-state index contributed by atoms with van der Waals surface area (Å²) in [7, 11) is 0. The Labute approximate surface area is 198 Å². The Balaban J connectivity index is 1.13. The predicted octanol–water partition coefficient (Wildman–Crippen LogP) is 5.18. The maximum atomic E-state index is 12.9. The van der Waals surface area contributed by atoms with Crippen LogP contribution in [0.3, 0.4) is 0 Å². The second-order valence-corrected chi connectivity index (χ2v) is 10.2. The standard InChI is InChI=1S/C29H27N3O2/c30-28(31)18-3-1-15(2-4-18)14-32-29(33)19-9-10-20-23(11-19)27-25-13-22(17-7-8-17)21(16-5-6-16)12-24(25)26(20)34-27/h1-4,9-13,16-17,26-27H,5-8,14H2,(H3,30,31)(H,32,33). The molecule has 34 heavy (non-hydrogen) atoms. The summed E-state index contributed by atoms with van der Waals surface area (Å²) in [4.78, 5) is 12.9. The first-order chi connectivity index (χ1) is 16.6. The van der Waals surface area contributed by atoms with E-state index in [9.17, 15) is 4.79 Å². The maximum absolute atomic E-state index is 12.9. The molecule has 4 N–H and O–H groups in total. The van der Waals surface area contributed by atoms with Gasteiger partial charge in [0, 0.05) is 17.7 Å². The lowest BCUT2D eigenvalue weighted by molar-refractivity contribution is 0.0857. The van der Waals surface area contributed by atoms with Gasteiger partial charge in [0.05, 0.1) is 0 Å². The van der Waals surface area contributed by atoms with Crippen molar-refractivity contribution in [3.63, 3.8) is 0 Å². The van der Waals surface area contributed by atoms with E-state index in [0.717, 1.165) is 23.0 Å². The molecule has 2 unspecified atom stereocenters. The van der Waals surface area contributed by atoms with Crippen LogP contribution >= 0.6 is 0 Å². The van der Waals surface area contributed by atoms with Crippen molar-refractivity contribution < 1.29 is 9.53 Å². The Morgan fingerprint density at radius 1 is 0.794 bits per heavy atom. The molecular weight excluding hydrogens is 422 g/mol. The molecule has 0 aromatic heterocycles. The molecule has 0 spiro atoms. The first-order valence-electron chi connectivity index (χ1n) is 12.3. The summed E-state index contributed by atoms with van der Waals surface area (Å²) in [6.07, 6.45) is 5.20. The summed E-state index contributed by atoms with van der Waals surface area (Å²) in [6.45, 7) is 0.425. The molecule has 0 radical (unpaired) electrons. The van der Waals surface area contributed by atoms with E-state index in [1.54, 1.807) is 23.3 Å². The van der Waals surface area contributed by atoms with Crippen LogP contribution in [0.2, 0.25) is 0 Å². The van der Waals surface area contributed by atoms with Gasteiger partial charge in [0.15, 0.2) is 0 Å². The second kappa shape index (κ2) is 7.28. The van der Waals surface area contributed by atoms with Gasteiger partial charge >= 0.3 is 0 Å². The number of fused-ring (bicyclic) bond motifs is 8. The zero-order chi connectivity index (χ0) is 23.0. The Morgan fingerprint density at radius 2 is 1.35 bits per heavy atom. The average Bonchev–Trinajstić information content (AvgIpc) is 3.79. The van der Waals surface area contributed by atoms with Gasteiger partial charge < -0.3 is 15.8 Å². The number of nitrogen functional groups attached to an aromatic ring is 1. The van der Waals surface area contributed by atoms with Gasteiger partial charge in [-0.15, -0.1) is 0 Å². The number of amidine groups is 1. The average molecular weight is 450 g/mol. The molecule has 2 fully saturated rings. The van der Waals surface area contributed by atoms with Crippen LogP contribution in [0.5, 0.6) is 0 Å². The van der Waals surface area contributed by atoms with E-state index in [-0.39, 0.29) is 24.0 Å². The molecule has 4 aliphatic rings. The molecule has 2 aliphatic heterocycles. The number of ether oxygens (including phenoxy) is 1. The number of rotatable bonds is 6. The highest BCUT2D eigenvalue weighted by molar-refractivity contribution is 5.95. The minimum absolute atomic E-state index is 0.00217. The van der Waals surface area contributed by atoms with Crippen LogP contribution in [-0.4, -0.2) is 11.7 Å². The molecule has 2 atom stereocenters. The summed E-state index contributed by atoms with van der Waals surface area (Å²) in [5, 5.41) is 10.5. The van der Waals surface area contributed by atoms with Crippen molar-refractivity contribution in [2.24, 2.45) is 5.73 Å². The molecule has 5 heteroatoms. The summed E-state index contributed by atoms with van der Waals surface area (Å²) < 4.78 is 6.46. The van der Waals surface area contributed by atoms with Crippen LogP contribution in [0.15, 0.2) is 54.6 Å². The molecule has 2 bridgehead atoms. The Morgan fingerprint density at radius 3 is 1.94 bits per heavy atom. The molecule has 2 heterocycles. The van der Waals surface area contributed by atoms with Gasteiger partial charge in [-0.05, 0) is 88.6 Å². The molecule has 2 aliphatic carbocycles. The molecule has 0 saturated heterocycles. The SMILES string of the molecule is N=C(N)c1ccc(CNC(=O)c2ccc3c(c2)C2OC3c3cc(C4CC4)c(C4CC4)cc32)cc1. The van der Waals surface area contributed by atoms with Gasteiger partial charge in [-0.2, -0.15) is 0 Å². The van der Waals surface area contributed by atoms with E-state index >= 15 is 0 Å².